The Labute approximate surface area is 140 Å². The van der Waals surface area contributed by atoms with Crippen LogP contribution in [0.3, 0.4) is 0 Å². The van der Waals surface area contributed by atoms with Gasteiger partial charge in [-0.25, -0.2) is 0 Å². The fraction of sp³-hybridized carbons (Fsp3) is 0.529. The maximum absolute atomic E-state index is 12.7. The van der Waals surface area contributed by atoms with Gasteiger partial charge in [-0.15, -0.1) is 0 Å². The van der Waals surface area contributed by atoms with Crippen LogP contribution in [-0.4, -0.2) is 41.1 Å². The molecule has 23 heavy (non-hydrogen) atoms. The minimum atomic E-state index is -0.778. The number of nitrogens with zero attached hydrogens (tertiary/aromatic N) is 1. The summed E-state index contributed by atoms with van der Waals surface area (Å²) in [5.41, 5.74) is 0.968. The minimum absolute atomic E-state index is 0.00246. The van der Waals surface area contributed by atoms with Crippen molar-refractivity contribution in [2.45, 2.75) is 38.2 Å². The van der Waals surface area contributed by atoms with Crippen molar-refractivity contribution in [3.63, 3.8) is 0 Å². The molecule has 1 N–H and O–H groups in total. The van der Waals surface area contributed by atoms with Gasteiger partial charge in [0, 0.05) is 31.0 Å². The molecule has 0 saturated carbocycles. The zero-order valence-electron chi connectivity index (χ0n) is 12.8. The van der Waals surface area contributed by atoms with E-state index in [0.29, 0.717) is 24.4 Å². The third-order valence-corrected chi connectivity index (χ3v) is 4.80. The van der Waals surface area contributed by atoms with Gasteiger partial charge < -0.3 is 14.7 Å². The van der Waals surface area contributed by atoms with Crippen LogP contribution in [0.2, 0.25) is 5.02 Å². The van der Waals surface area contributed by atoms with E-state index in [9.17, 15) is 9.59 Å². The van der Waals surface area contributed by atoms with Crippen molar-refractivity contribution >= 4 is 23.5 Å². The molecule has 1 aromatic rings. The molecule has 3 rings (SSSR count). The number of benzene rings is 1. The van der Waals surface area contributed by atoms with Crippen LogP contribution in [0.1, 0.15) is 31.2 Å². The molecule has 1 amide bonds. The van der Waals surface area contributed by atoms with Crippen molar-refractivity contribution < 1.29 is 19.4 Å². The van der Waals surface area contributed by atoms with Gasteiger partial charge in [0.2, 0.25) is 0 Å². The van der Waals surface area contributed by atoms with Crippen LogP contribution in [0.4, 0.5) is 0 Å². The van der Waals surface area contributed by atoms with Crippen molar-refractivity contribution in [1.82, 2.24) is 4.90 Å². The van der Waals surface area contributed by atoms with Crippen LogP contribution < -0.4 is 4.74 Å². The molecule has 0 aromatic heterocycles. The standard InChI is InChI=1S/C17H20ClNO4/c18-13-4-5-14-12(8-13)9-15(23-14)17(22)19-7-1-2-11(10-19)3-6-16(20)21/h4-5,8,11,15H,1-3,6-7,9-10H2,(H,20,21)/t11-,15-/m0/s1. The van der Waals surface area contributed by atoms with E-state index in [1.807, 2.05) is 11.0 Å². The summed E-state index contributed by atoms with van der Waals surface area (Å²) in [5, 5.41) is 9.45. The Hall–Kier alpha value is -1.75. The maximum atomic E-state index is 12.7. The number of amides is 1. The molecule has 0 bridgehead atoms. The lowest BCUT2D eigenvalue weighted by Crippen LogP contribution is -2.46. The highest BCUT2D eigenvalue weighted by molar-refractivity contribution is 6.30. The number of halogens is 1. The maximum Gasteiger partial charge on any atom is 0.303 e. The van der Waals surface area contributed by atoms with Gasteiger partial charge >= 0.3 is 5.97 Å². The first kappa shape index (κ1) is 16.1. The lowest BCUT2D eigenvalue weighted by atomic mass is 9.93. The van der Waals surface area contributed by atoms with Crippen LogP contribution in [0.15, 0.2) is 18.2 Å². The molecular weight excluding hydrogens is 318 g/mol. The van der Waals surface area contributed by atoms with Crippen LogP contribution in [-0.2, 0) is 16.0 Å². The normalized spacial score (nSPS) is 23.3. The Bertz CT molecular complexity index is 619. The van der Waals surface area contributed by atoms with Crippen LogP contribution in [0, 0.1) is 5.92 Å². The topological polar surface area (TPSA) is 66.8 Å². The number of piperidine rings is 1. The molecule has 5 nitrogen and oxygen atoms in total. The molecule has 6 heteroatoms. The molecular formula is C17H20ClNO4. The van der Waals surface area contributed by atoms with E-state index in [1.165, 1.54) is 0 Å². The number of carbonyl (C=O) groups is 2. The molecule has 1 aromatic carbocycles. The molecule has 1 saturated heterocycles. The number of fused-ring (bicyclic) bond motifs is 1. The van der Waals surface area contributed by atoms with Gasteiger partial charge in [-0.2, -0.15) is 0 Å². The Morgan fingerprint density at radius 2 is 2.22 bits per heavy atom. The van der Waals surface area contributed by atoms with Gasteiger partial charge in [0.05, 0.1) is 0 Å². The second kappa shape index (κ2) is 6.79. The van der Waals surface area contributed by atoms with Crippen molar-refractivity contribution in [3.05, 3.63) is 28.8 Å². The van der Waals surface area contributed by atoms with Gasteiger partial charge in [0.15, 0.2) is 6.10 Å². The van der Waals surface area contributed by atoms with Gasteiger partial charge in [-0.1, -0.05) is 11.6 Å². The molecule has 0 spiro atoms. The van der Waals surface area contributed by atoms with Crippen LogP contribution in [0.25, 0.3) is 0 Å². The molecule has 2 aliphatic rings. The third kappa shape index (κ3) is 3.78. The summed E-state index contributed by atoms with van der Waals surface area (Å²) in [6.07, 6.45) is 2.75. The fourth-order valence-corrected chi connectivity index (χ4v) is 3.58. The molecule has 2 atom stereocenters. The Balaban J connectivity index is 1.59. The van der Waals surface area contributed by atoms with Gasteiger partial charge in [-0.3, -0.25) is 9.59 Å². The number of ether oxygens (including phenoxy) is 1. The number of hydrogen-bond donors (Lipinski definition) is 1. The largest absolute Gasteiger partial charge is 0.481 e. The highest BCUT2D eigenvalue weighted by Gasteiger charge is 2.34. The fourth-order valence-electron chi connectivity index (χ4n) is 3.39. The van der Waals surface area contributed by atoms with Crippen molar-refractivity contribution in [3.8, 4) is 5.75 Å². The van der Waals surface area contributed by atoms with Crippen molar-refractivity contribution in [2.24, 2.45) is 5.92 Å². The summed E-state index contributed by atoms with van der Waals surface area (Å²) in [7, 11) is 0. The highest BCUT2D eigenvalue weighted by atomic mass is 35.5. The summed E-state index contributed by atoms with van der Waals surface area (Å²) in [6.45, 7) is 1.35. The molecule has 0 aliphatic carbocycles. The SMILES string of the molecule is O=C(O)CC[C@@H]1CCCN(C(=O)[C@@H]2Cc3cc(Cl)ccc3O2)C1. The lowest BCUT2D eigenvalue weighted by molar-refractivity contribution is -0.140. The molecule has 0 radical (unpaired) electrons. The van der Waals surface area contributed by atoms with E-state index >= 15 is 0 Å². The first-order chi connectivity index (χ1) is 11.0. The number of aliphatic carboxylic acids is 1. The van der Waals surface area contributed by atoms with Gasteiger partial charge in [0.1, 0.15) is 5.75 Å². The second-order valence-electron chi connectivity index (χ2n) is 6.29. The number of carboxylic acid groups (broad SMARTS) is 1. The van der Waals surface area contributed by atoms with Crippen molar-refractivity contribution in [2.75, 3.05) is 13.1 Å². The lowest BCUT2D eigenvalue weighted by Gasteiger charge is -2.34. The first-order valence-corrected chi connectivity index (χ1v) is 8.36. The number of hydrogen-bond acceptors (Lipinski definition) is 3. The number of likely N-dealkylation sites (tertiary alicyclic amines) is 1. The Kier molecular flexibility index (Phi) is 4.76. The van der Waals surface area contributed by atoms with Crippen molar-refractivity contribution in [1.29, 1.82) is 0 Å². The van der Waals surface area contributed by atoms with Gasteiger partial charge in [0.25, 0.3) is 5.91 Å². The number of rotatable bonds is 4. The van der Waals surface area contributed by atoms with E-state index in [-0.39, 0.29) is 18.2 Å². The number of carboxylic acids is 1. The monoisotopic (exact) mass is 337 g/mol. The second-order valence-corrected chi connectivity index (χ2v) is 6.72. The predicted molar refractivity (Wildman–Crippen MR) is 85.7 cm³/mol. The quantitative estimate of drug-likeness (QED) is 0.917. The van der Waals surface area contributed by atoms with Crippen LogP contribution in [0.5, 0.6) is 5.75 Å². The van der Waals surface area contributed by atoms with Gasteiger partial charge in [-0.05, 0) is 48.9 Å². The summed E-state index contributed by atoms with van der Waals surface area (Å²) in [5.74, 6) is 0.214. The third-order valence-electron chi connectivity index (χ3n) is 4.57. The molecule has 124 valence electrons. The summed E-state index contributed by atoms with van der Waals surface area (Å²) in [6, 6.07) is 5.41. The zero-order valence-corrected chi connectivity index (χ0v) is 13.6. The summed E-state index contributed by atoms with van der Waals surface area (Å²) in [4.78, 5) is 25.2. The zero-order chi connectivity index (χ0) is 16.4. The minimum Gasteiger partial charge on any atom is -0.481 e. The Morgan fingerprint density at radius 3 is 3.00 bits per heavy atom. The number of carbonyl (C=O) groups excluding carboxylic acids is 1. The average molecular weight is 338 g/mol. The van der Waals surface area contributed by atoms with E-state index in [4.69, 9.17) is 21.4 Å². The molecule has 1 fully saturated rings. The summed E-state index contributed by atoms with van der Waals surface area (Å²) >= 11 is 5.98. The van der Waals surface area contributed by atoms with Crippen LogP contribution >= 0.6 is 11.6 Å². The smallest absolute Gasteiger partial charge is 0.303 e. The molecule has 2 aliphatic heterocycles. The van der Waals surface area contributed by atoms with E-state index in [2.05, 4.69) is 0 Å². The average Bonchev–Trinajstić information content (AvgIpc) is 2.95. The molecule has 2 heterocycles. The molecule has 0 unspecified atom stereocenters. The Morgan fingerprint density at radius 1 is 1.39 bits per heavy atom. The highest BCUT2D eigenvalue weighted by Crippen LogP contribution is 2.32. The predicted octanol–water partition coefficient (Wildman–Crippen LogP) is 2.75. The first-order valence-electron chi connectivity index (χ1n) is 7.98. The van der Waals surface area contributed by atoms with E-state index in [1.54, 1.807) is 12.1 Å². The van der Waals surface area contributed by atoms with E-state index < -0.39 is 12.1 Å². The summed E-state index contributed by atoms with van der Waals surface area (Å²) < 4.78 is 5.77. The van der Waals surface area contributed by atoms with E-state index in [0.717, 1.165) is 30.7 Å².